The maximum absolute atomic E-state index is 5.89. The molecule has 2 aromatic carbocycles. The van der Waals surface area contributed by atoms with E-state index in [1.165, 1.54) is 0 Å². The average Bonchev–Trinajstić information content (AvgIpc) is 2.27. The summed E-state index contributed by atoms with van der Waals surface area (Å²) in [5.74, 6) is 0.842. The molecule has 3 heteroatoms. The van der Waals surface area contributed by atoms with Crippen LogP contribution < -0.4 is 4.74 Å². The summed E-state index contributed by atoms with van der Waals surface area (Å²) in [7, 11) is 0. The third kappa shape index (κ3) is 3.26. The molecule has 0 fully saturated rings. The Balaban J connectivity index is 2.02. The Morgan fingerprint density at radius 3 is 2.62 bits per heavy atom. The van der Waals surface area contributed by atoms with Crippen LogP contribution in [0.1, 0.15) is 5.56 Å². The van der Waals surface area contributed by atoms with E-state index >= 15 is 0 Å². The van der Waals surface area contributed by atoms with Crippen LogP contribution >= 0.6 is 27.5 Å². The second kappa shape index (κ2) is 5.37. The van der Waals surface area contributed by atoms with Crippen LogP contribution in [0, 0.1) is 0 Å². The molecule has 0 saturated carbocycles. The molecule has 0 aromatic heterocycles. The van der Waals surface area contributed by atoms with Crippen molar-refractivity contribution in [3.63, 3.8) is 0 Å². The van der Waals surface area contributed by atoms with Crippen LogP contribution in [0.15, 0.2) is 53.0 Å². The lowest BCUT2D eigenvalue weighted by Crippen LogP contribution is -1.94. The summed E-state index contributed by atoms with van der Waals surface area (Å²) < 4.78 is 6.65. The van der Waals surface area contributed by atoms with E-state index in [4.69, 9.17) is 16.3 Å². The third-order valence-corrected chi connectivity index (χ3v) is 2.82. The van der Waals surface area contributed by atoms with Crippen LogP contribution in [-0.2, 0) is 6.61 Å². The molecule has 82 valence electrons. The third-order valence-electron chi connectivity index (χ3n) is 2.09. The summed E-state index contributed by atoms with van der Waals surface area (Å²) >= 11 is 9.29. The Labute approximate surface area is 108 Å². The molecule has 0 aliphatic carbocycles. The van der Waals surface area contributed by atoms with E-state index in [0.29, 0.717) is 6.61 Å². The molecule has 0 aliphatic heterocycles. The number of benzene rings is 2. The van der Waals surface area contributed by atoms with Gasteiger partial charge in [0.2, 0.25) is 0 Å². The van der Waals surface area contributed by atoms with Crippen LogP contribution in [-0.4, -0.2) is 0 Å². The van der Waals surface area contributed by atoms with Crippen molar-refractivity contribution in [2.45, 2.75) is 6.61 Å². The molecule has 0 heterocycles. The van der Waals surface area contributed by atoms with Crippen molar-refractivity contribution in [2.75, 3.05) is 0 Å². The summed E-state index contributed by atoms with van der Waals surface area (Å²) in [6.07, 6.45) is 0. The Kier molecular flexibility index (Phi) is 3.86. The normalized spacial score (nSPS) is 10.1. The fraction of sp³-hybridized carbons (Fsp3) is 0.0769. The van der Waals surface area contributed by atoms with Gasteiger partial charge in [-0.15, -0.1) is 0 Å². The molecule has 0 amide bonds. The van der Waals surface area contributed by atoms with Crippen molar-refractivity contribution in [3.8, 4) is 5.75 Å². The molecular weight excluding hydrogens is 287 g/mol. The highest BCUT2D eigenvalue weighted by atomic mass is 79.9. The zero-order valence-electron chi connectivity index (χ0n) is 8.49. The highest BCUT2D eigenvalue weighted by Gasteiger charge is 1.97. The maximum Gasteiger partial charge on any atom is 0.120 e. The molecule has 0 N–H and O–H groups in total. The SMILES string of the molecule is Clc1cccc(COc2cccc(Br)c2)c1. The minimum absolute atomic E-state index is 0.525. The summed E-state index contributed by atoms with van der Waals surface area (Å²) in [4.78, 5) is 0. The molecule has 0 radical (unpaired) electrons. The molecule has 0 bridgehead atoms. The van der Waals surface area contributed by atoms with Crippen LogP contribution in [0.25, 0.3) is 0 Å². The van der Waals surface area contributed by atoms with Crippen molar-refractivity contribution in [1.82, 2.24) is 0 Å². The van der Waals surface area contributed by atoms with Gasteiger partial charge in [-0.25, -0.2) is 0 Å². The van der Waals surface area contributed by atoms with Crippen LogP contribution in [0.5, 0.6) is 5.75 Å². The van der Waals surface area contributed by atoms with Gasteiger partial charge in [0, 0.05) is 9.50 Å². The summed E-state index contributed by atoms with van der Waals surface area (Å²) in [6, 6.07) is 15.4. The van der Waals surface area contributed by atoms with Gasteiger partial charge in [0.1, 0.15) is 12.4 Å². The largest absolute Gasteiger partial charge is 0.489 e. The summed E-state index contributed by atoms with van der Waals surface area (Å²) in [5.41, 5.74) is 1.06. The zero-order chi connectivity index (χ0) is 11.4. The van der Waals surface area contributed by atoms with Gasteiger partial charge in [-0.3, -0.25) is 0 Å². The molecule has 2 aromatic rings. The van der Waals surface area contributed by atoms with Crippen molar-refractivity contribution in [1.29, 1.82) is 0 Å². The first-order valence-electron chi connectivity index (χ1n) is 4.87. The van der Waals surface area contributed by atoms with E-state index in [1.807, 2.05) is 48.5 Å². The van der Waals surface area contributed by atoms with Crippen molar-refractivity contribution in [2.24, 2.45) is 0 Å². The first-order valence-corrected chi connectivity index (χ1v) is 6.04. The van der Waals surface area contributed by atoms with Crippen LogP contribution in [0.4, 0.5) is 0 Å². The topological polar surface area (TPSA) is 9.23 Å². The van der Waals surface area contributed by atoms with E-state index in [2.05, 4.69) is 15.9 Å². The first-order chi connectivity index (χ1) is 7.74. The lowest BCUT2D eigenvalue weighted by atomic mass is 10.2. The maximum atomic E-state index is 5.89. The standard InChI is InChI=1S/C13H10BrClO/c14-11-4-2-6-13(8-11)16-9-10-3-1-5-12(15)7-10/h1-8H,9H2. The van der Waals surface area contributed by atoms with Gasteiger partial charge in [-0.2, -0.15) is 0 Å². The zero-order valence-corrected chi connectivity index (χ0v) is 10.8. The molecule has 1 nitrogen and oxygen atoms in total. The van der Waals surface area contributed by atoms with Gasteiger partial charge in [0.05, 0.1) is 0 Å². The Morgan fingerprint density at radius 1 is 1.06 bits per heavy atom. The Hall–Kier alpha value is -0.990. The van der Waals surface area contributed by atoms with Gasteiger partial charge in [-0.1, -0.05) is 45.7 Å². The van der Waals surface area contributed by atoms with Crippen molar-refractivity contribution in [3.05, 3.63) is 63.6 Å². The lowest BCUT2D eigenvalue weighted by Gasteiger charge is -2.06. The van der Waals surface area contributed by atoms with E-state index < -0.39 is 0 Å². The first kappa shape index (κ1) is 11.5. The van der Waals surface area contributed by atoms with E-state index in [1.54, 1.807) is 0 Å². The van der Waals surface area contributed by atoms with E-state index in [0.717, 1.165) is 20.8 Å². The Bertz CT molecular complexity index is 439. The molecule has 0 saturated heterocycles. The van der Waals surface area contributed by atoms with Crippen molar-refractivity contribution >= 4 is 27.5 Å². The second-order valence-electron chi connectivity index (χ2n) is 3.38. The smallest absolute Gasteiger partial charge is 0.120 e. The van der Waals surface area contributed by atoms with E-state index in [9.17, 15) is 0 Å². The number of hydrogen-bond acceptors (Lipinski definition) is 1. The number of hydrogen-bond donors (Lipinski definition) is 0. The molecular formula is C13H10BrClO. The highest BCUT2D eigenvalue weighted by Crippen LogP contribution is 2.19. The molecule has 0 unspecified atom stereocenters. The van der Waals surface area contributed by atoms with Gasteiger partial charge in [-0.05, 0) is 35.9 Å². The minimum atomic E-state index is 0.525. The van der Waals surface area contributed by atoms with Gasteiger partial charge in [0.25, 0.3) is 0 Å². The van der Waals surface area contributed by atoms with Gasteiger partial charge < -0.3 is 4.74 Å². The predicted octanol–water partition coefficient (Wildman–Crippen LogP) is 4.68. The quantitative estimate of drug-likeness (QED) is 0.799. The Morgan fingerprint density at radius 2 is 1.88 bits per heavy atom. The number of rotatable bonds is 3. The minimum Gasteiger partial charge on any atom is -0.489 e. The summed E-state index contributed by atoms with van der Waals surface area (Å²) in [5, 5.41) is 0.732. The molecule has 0 aliphatic rings. The molecule has 16 heavy (non-hydrogen) atoms. The van der Waals surface area contributed by atoms with Gasteiger partial charge >= 0.3 is 0 Å². The van der Waals surface area contributed by atoms with E-state index in [-0.39, 0.29) is 0 Å². The number of halogens is 2. The molecule has 0 spiro atoms. The summed E-state index contributed by atoms with van der Waals surface area (Å²) in [6.45, 7) is 0.525. The second-order valence-corrected chi connectivity index (χ2v) is 4.73. The number of ether oxygens (including phenoxy) is 1. The average molecular weight is 298 g/mol. The van der Waals surface area contributed by atoms with Gasteiger partial charge in [0.15, 0.2) is 0 Å². The predicted molar refractivity (Wildman–Crippen MR) is 69.9 cm³/mol. The fourth-order valence-corrected chi connectivity index (χ4v) is 1.94. The molecule has 2 rings (SSSR count). The van der Waals surface area contributed by atoms with Crippen molar-refractivity contribution < 1.29 is 4.74 Å². The highest BCUT2D eigenvalue weighted by molar-refractivity contribution is 9.10. The van der Waals surface area contributed by atoms with Crippen LogP contribution in [0.3, 0.4) is 0 Å². The molecule has 0 atom stereocenters. The monoisotopic (exact) mass is 296 g/mol. The lowest BCUT2D eigenvalue weighted by molar-refractivity contribution is 0.306. The van der Waals surface area contributed by atoms with Crippen LogP contribution in [0.2, 0.25) is 5.02 Å². The fourth-order valence-electron chi connectivity index (χ4n) is 1.35.